The van der Waals surface area contributed by atoms with E-state index in [1.54, 1.807) is 37.1 Å². The molecular weight excluding hydrogens is 435 g/mol. The van der Waals surface area contributed by atoms with Crippen LogP contribution < -0.4 is 5.32 Å². The van der Waals surface area contributed by atoms with Gasteiger partial charge in [-0.25, -0.2) is 4.68 Å². The van der Waals surface area contributed by atoms with E-state index in [1.807, 2.05) is 48.9 Å². The summed E-state index contributed by atoms with van der Waals surface area (Å²) in [5.74, 6) is -0.677. The molecule has 1 aromatic heterocycles. The molecule has 1 atom stereocenters. The number of benzene rings is 2. The summed E-state index contributed by atoms with van der Waals surface area (Å²) in [6.45, 7) is 5.92. The van der Waals surface area contributed by atoms with Crippen LogP contribution in [0.2, 0.25) is 10.0 Å². The summed E-state index contributed by atoms with van der Waals surface area (Å²) >= 11 is 12.1. The fourth-order valence-corrected chi connectivity index (χ4v) is 3.77. The first-order chi connectivity index (χ1) is 14.7. The molecule has 3 rings (SSSR count). The zero-order chi connectivity index (χ0) is 22.7. The predicted octanol–water partition coefficient (Wildman–Crippen LogP) is 4.57. The van der Waals surface area contributed by atoms with Gasteiger partial charge in [-0.3, -0.25) is 9.59 Å². The number of carbonyl (C=O) groups is 2. The third kappa shape index (κ3) is 4.92. The third-order valence-electron chi connectivity index (χ3n) is 5.13. The van der Waals surface area contributed by atoms with E-state index >= 15 is 0 Å². The lowest BCUT2D eigenvalue weighted by Gasteiger charge is -2.22. The molecule has 0 aliphatic heterocycles. The third-order valence-corrected chi connectivity index (χ3v) is 5.95. The second-order valence-electron chi connectivity index (χ2n) is 7.39. The highest BCUT2D eigenvalue weighted by Gasteiger charge is 2.23. The largest absolute Gasteiger partial charge is 0.340 e. The van der Waals surface area contributed by atoms with Crippen LogP contribution in [0.5, 0.6) is 0 Å². The molecule has 3 aromatic rings. The number of nitrogens with one attached hydrogen (secondary N) is 1. The number of aromatic nitrogens is 2. The molecule has 1 unspecified atom stereocenters. The quantitative estimate of drug-likeness (QED) is 0.587. The van der Waals surface area contributed by atoms with Gasteiger partial charge in [-0.15, -0.1) is 0 Å². The maximum Gasteiger partial charge on any atom is 0.253 e. The molecule has 0 bridgehead atoms. The Bertz CT molecular complexity index is 1110. The SMILES string of the molecule is Cc1nn(-c2ccccc2)c(C)c1CN(C)C(=O)C(C)NC(=O)c1cccc(Cl)c1Cl. The van der Waals surface area contributed by atoms with Crippen molar-refractivity contribution in [2.45, 2.75) is 33.4 Å². The van der Waals surface area contributed by atoms with E-state index < -0.39 is 11.9 Å². The number of rotatable bonds is 6. The summed E-state index contributed by atoms with van der Waals surface area (Å²) < 4.78 is 1.87. The Labute approximate surface area is 191 Å². The molecule has 0 aliphatic carbocycles. The second kappa shape index (κ2) is 9.54. The van der Waals surface area contributed by atoms with Crippen LogP contribution in [-0.4, -0.2) is 39.6 Å². The number of nitrogens with zero attached hydrogens (tertiary/aromatic N) is 3. The molecule has 0 radical (unpaired) electrons. The van der Waals surface area contributed by atoms with Crippen LogP contribution in [0.15, 0.2) is 48.5 Å². The molecule has 0 aliphatic rings. The Morgan fingerprint density at radius 3 is 2.45 bits per heavy atom. The first-order valence-electron chi connectivity index (χ1n) is 9.81. The first-order valence-corrected chi connectivity index (χ1v) is 10.6. The number of carbonyl (C=O) groups excluding carboxylic acids is 2. The summed E-state index contributed by atoms with van der Waals surface area (Å²) in [4.78, 5) is 27.0. The van der Waals surface area contributed by atoms with Gasteiger partial charge in [0.25, 0.3) is 5.91 Å². The van der Waals surface area contributed by atoms with Gasteiger partial charge in [-0.2, -0.15) is 5.10 Å². The maximum absolute atomic E-state index is 12.9. The van der Waals surface area contributed by atoms with Crippen molar-refractivity contribution in [3.8, 4) is 5.69 Å². The Kier molecular flexibility index (Phi) is 7.03. The van der Waals surface area contributed by atoms with Gasteiger partial charge in [0.15, 0.2) is 0 Å². The van der Waals surface area contributed by atoms with Crippen LogP contribution in [0, 0.1) is 13.8 Å². The van der Waals surface area contributed by atoms with Crippen molar-refractivity contribution >= 4 is 35.0 Å². The lowest BCUT2D eigenvalue weighted by atomic mass is 10.1. The fraction of sp³-hybridized carbons (Fsp3) is 0.261. The molecule has 0 fully saturated rings. The van der Waals surface area contributed by atoms with E-state index in [-0.39, 0.29) is 21.5 Å². The average molecular weight is 459 g/mol. The van der Waals surface area contributed by atoms with Crippen molar-refractivity contribution in [3.63, 3.8) is 0 Å². The molecule has 1 N–H and O–H groups in total. The van der Waals surface area contributed by atoms with E-state index in [0.29, 0.717) is 6.54 Å². The highest BCUT2D eigenvalue weighted by atomic mass is 35.5. The van der Waals surface area contributed by atoms with E-state index in [9.17, 15) is 9.59 Å². The highest BCUT2D eigenvalue weighted by Crippen LogP contribution is 2.25. The van der Waals surface area contributed by atoms with Crippen molar-refractivity contribution in [3.05, 3.63) is 81.1 Å². The summed E-state index contributed by atoms with van der Waals surface area (Å²) in [6, 6.07) is 13.9. The minimum absolute atomic E-state index is 0.161. The van der Waals surface area contributed by atoms with Gasteiger partial charge < -0.3 is 10.2 Å². The predicted molar refractivity (Wildman–Crippen MR) is 123 cm³/mol. The molecule has 0 saturated heterocycles. The zero-order valence-electron chi connectivity index (χ0n) is 17.8. The van der Waals surface area contributed by atoms with Gasteiger partial charge in [-0.1, -0.05) is 47.5 Å². The van der Waals surface area contributed by atoms with Crippen molar-refractivity contribution in [2.24, 2.45) is 0 Å². The molecule has 0 saturated carbocycles. The van der Waals surface area contributed by atoms with E-state index in [1.165, 1.54) is 0 Å². The molecule has 2 amide bonds. The van der Waals surface area contributed by atoms with Crippen molar-refractivity contribution in [1.82, 2.24) is 20.0 Å². The minimum atomic E-state index is -0.739. The summed E-state index contributed by atoms with van der Waals surface area (Å²) in [7, 11) is 1.70. The Morgan fingerprint density at radius 2 is 1.77 bits per heavy atom. The van der Waals surface area contributed by atoms with Crippen LogP contribution in [0.25, 0.3) is 5.69 Å². The Hall–Kier alpha value is -2.83. The van der Waals surface area contributed by atoms with E-state index in [2.05, 4.69) is 10.4 Å². The molecule has 6 nitrogen and oxygen atoms in total. The number of aryl methyl sites for hydroxylation is 1. The van der Waals surface area contributed by atoms with Gasteiger partial charge in [0, 0.05) is 24.8 Å². The molecule has 162 valence electrons. The summed E-state index contributed by atoms with van der Waals surface area (Å²) in [5.41, 5.74) is 3.97. The number of amides is 2. The van der Waals surface area contributed by atoms with Gasteiger partial charge in [0.1, 0.15) is 6.04 Å². The number of hydrogen-bond acceptors (Lipinski definition) is 3. The second-order valence-corrected chi connectivity index (χ2v) is 8.17. The molecule has 1 heterocycles. The standard InChI is InChI=1S/C23H24Cl2N4O2/c1-14-19(16(3)29(27-14)17-9-6-5-7-10-17)13-28(4)23(31)15(2)26-22(30)18-11-8-12-20(24)21(18)25/h5-12,15H,13H2,1-4H3,(H,26,30). The highest BCUT2D eigenvalue weighted by molar-refractivity contribution is 6.43. The summed E-state index contributed by atoms with van der Waals surface area (Å²) in [6.07, 6.45) is 0. The molecular formula is C23H24Cl2N4O2. The number of likely N-dealkylation sites (N-methyl/N-ethyl adjacent to an activating group) is 1. The van der Waals surface area contributed by atoms with Crippen molar-refractivity contribution in [2.75, 3.05) is 7.05 Å². The Morgan fingerprint density at radius 1 is 1.10 bits per heavy atom. The normalized spacial score (nSPS) is 11.8. The van der Waals surface area contributed by atoms with Gasteiger partial charge in [-0.05, 0) is 45.0 Å². The van der Waals surface area contributed by atoms with Crippen LogP contribution >= 0.6 is 23.2 Å². The van der Waals surface area contributed by atoms with Gasteiger partial charge in [0.05, 0.1) is 27.0 Å². The van der Waals surface area contributed by atoms with Crippen LogP contribution in [0.4, 0.5) is 0 Å². The van der Waals surface area contributed by atoms with E-state index in [4.69, 9.17) is 23.2 Å². The molecule has 8 heteroatoms. The molecule has 2 aromatic carbocycles. The van der Waals surface area contributed by atoms with Crippen LogP contribution in [0.1, 0.15) is 34.2 Å². The van der Waals surface area contributed by atoms with Gasteiger partial charge in [0.2, 0.25) is 5.91 Å². The number of halogens is 2. The fourth-order valence-electron chi connectivity index (χ4n) is 3.39. The monoisotopic (exact) mass is 458 g/mol. The number of para-hydroxylation sites is 1. The number of hydrogen-bond donors (Lipinski definition) is 1. The van der Waals surface area contributed by atoms with Crippen molar-refractivity contribution < 1.29 is 9.59 Å². The first kappa shape index (κ1) is 22.8. The minimum Gasteiger partial charge on any atom is -0.340 e. The zero-order valence-corrected chi connectivity index (χ0v) is 19.3. The topological polar surface area (TPSA) is 67.2 Å². The lowest BCUT2D eigenvalue weighted by molar-refractivity contribution is -0.132. The maximum atomic E-state index is 12.9. The van der Waals surface area contributed by atoms with E-state index in [0.717, 1.165) is 22.6 Å². The molecule has 31 heavy (non-hydrogen) atoms. The lowest BCUT2D eigenvalue weighted by Crippen LogP contribution is -2.45. The average Bonchev–Trinajstić information content (AvgIpc) is 3.03. The molecule has 0 spiro atoms. The smallest absolute Gasteiger partial charge is 0.253 e. The van der Waals surface area contributed by atoms with Crippen LogP contribution in [-0.2, 0) is 11.3 Å². The Balaban J connectivity index is 1.71. The van der Waals surface area contributed by atoms with Crippen molar-refractivity contribution in [1.29, 1.82) is 0 Å². The summed E-state index contributed by atoms with van der Waals surface area (Å²) in [5, 5.41) is 7.77. The van der Waals surface area contributed by atoms with Gasteiger partial charge >= 0.3 is 0 Å². The van der Waals surface area contributed by atoms with Crippen LogP contribution in [0.3, 0.4) is 0 Å².